The molecule has 2 heterocycles. The van der Waals surface area contributed by atoms with Gasteiger partial charge in [0, 0.05) is 11.9 Å². The van der Waals surface area contributed by atoms with Gasteiger partial charge >= 0.3 is 0 Å². The quantitative estimate of drug-likeness (QED) is 0.644. The van der Waals surface area contributed by atoms with Crippen molar-refractivity contribution < 1.29 is 4.79 Å². The third-order valence-electron chi connectivity index (χ3n) is 2.14. The van der Waals surface area contributed by atoms with Crippen LogP contribution in [-0.4, -0.2) is 34.7 Å². The first kappa shape index (κ1) is 9.51. The van der Waals surface area contributed by atoms with Gasteiger partial charge in [0.2, 0.25) is 0 Å². The summed E-state index contributed by atoms with van der Waals surface area (Å²) in [6.07, 6.45) is 6.91. The average molecular weight is 204 g/mol. The number of nitrogens with two attached hydrogens (primary N) is 1. The molecule has 0 aromatic heterocycles. The summed E-state index contributed by atoms with van der Waals surface area (Å²) in [6.45, 7) is 4.29. The minimum Gasteiger partial charge on any atom is -0.398 e. The van der Waals surface area contributed by atoms with Crippen LogP contribution in [0.5, 0.6) is 0 Å². The van der Waals surface area contributed by atoms with Crippen molar-refractivity contribution in [3.63, 3.8) is 0 Å². The SMILES string of the molecule is C=CCN1N=C2C=CC(N)=CN2CC1=O. The molecule has 2 rings (SSSR count). The van der Waals surface area contributed by atoms with Crippen molar-refractivity contribution in [2.24, 2.45) is 10.8 Å². The second-order valence-electron chi connectivity index (χ2n) is 3.31. The molecule has 0 bridgehead atoms. The van der Waals surface area contributed by atoms with E-state index in [4.69, 9.17) is 5.73 Å². The molecule has 0 saturated heterocycles. The van der Waals surface area contributed by atoms with Crippen LogP contribution in [0.2, 0.25) is 0 Å². The van der Waals surface area contributed by atoms with Crippen molar-refractivity contribution in [2.75, 3.05) is 13.1 Å². The molecule has 0 fully saturated rings. The number of carbonyl (C=O) groups excluding carboxylic acids is 1. The van der Waals surface area contributed by atoms with E-state index in [0.29, 0.717) is 12.2 Å². The number of hydrogen-bond donors (Lipinski definition) is 1. The molecule has 0 aromatic rings. The molecule has 78 valence electrons. The van der Waals surface area contributed by atoms with Crippen LogP contribution in [0.1, 0.15) is 0 Å². The van der Waals surface area contributed by atoms with Gasteiger partial charge < -0.3 is 10.6 Å². The van der Waals surface area contributed by atoms with Gasteiger partial charge in [-0.25, -0.2) is 5.01 Å². The highest BCUT2D eigenvalue weighted by atomic mass is 16.2. The molecular formula is C10H12N4O. The van der Waals surface area contributed by atoms with Crippen LogP contribution >= 0.6 is 0 Å². The van der Waals surface area contributed by atoms with Gasteiger partial charge in [-0.15, -0.1) is 6.58 Å². The Morgan fingerprint density at radius 1 is 1.60 bits per heavy atom. The zero-order valence-electron chi connectivity index (χ0n) is 8.26. The lowest BCUT2D eigenvalue weighted by atomic mass is 10.2. The fraction of sp³-hybridized carbons (Fsp3) is 0.200. The molecule has 0 aromatic carbocycles. The number of allylic oxidation sites excluding steroid dienone is 1. The highest BCUT2D eigenvalue weighted by Crippen LogP contribution is 2.12. The number of carbonyl (C=O) groups is 1. The normalized spacial score (nSPS) is 19.6. The molecule has 0 aliphatic carbocycles. The number of amidine groups is 1. The second kappa shape index (κ2) is 3.61. The van der Waals surface area contributed by atoms with E-state index in [9.17, 15) is 4.79 Å². The number of hydrazone groups is 1. The van der Waals surface area contributed by atoms with E-state index in [-0.39, 0.29) is 12.5 Å². The summed E-state index contributed by atoms with van der Waals surface area (Å²) >= 11 is 0. The maximum atomic E-state index is 11.6. The highest BCUT2D eigenvalue weighted by molar-refractivity contribution is 6.00. The average Bonchev–Trinajstić information content (AvgIpc) is 2.20. The third-order valence-corrected chi connectivity index (χ3v) is 2.14. The lowest BCUT2D eigenvalue weighted by molar-refractivity contribution is -0.131. The minimum absolute atomic E-state index is 0.0574. The Hall–Kier alpha value is -2.04. The summed E-state index contributed by atoms with van der Waals surface area (Å²) in [5.41, 5.74) is 6.24. The molecule has 2 N–H and O–H groups in total. The van der Waals surface area contributed by atoms with Gasteiger partial charge in [-0.1, -0.05) is 6.08 Å². The summed E-state index contributed by atoms with van der Waals surface area (Å²) in [7, 11) is 0. The van der Waals surface area contributed by atoms with E-state index in [1.54, 1.807) is 29.3 Å². The Morgan fingerprint density at radius 3 is 3.13 bits per heavy atom. The predicted molar refractivity (Wildman–Crippen MR) is 57.5 cm³/mol. The van der Waals surface area contributed by atoms with E-state index in [1.165, 1.54) is 5.01 Å². The van der Waals surface area contributed by atoms with E-state index < -0.39 is 0 Å². The summed E-state index contributed by atoms with van der Waals surface area (Å²) in [5, 5.41) is 5.58. The van der Waals surface area contributed by atoms with Crippen molar-refractivity contribution in [1.29, 1.82) is 0 Å². The second-order valence-corrected chi connectivity index (χ2v) is 3.31. The maximum Gasteiger partial charge on any atom is 0.262 e. The predicted octanol–water partition coefficient (Wildman–Crippen LogP) is -0.000000000000000167. The first-order valence-electron chi connectivity index (χ1n) is 4.62. The number of fused-ring (bicyclic) bond motifs is 1. The zero-order chi connectivity index (χ0) is 10.8. The van der Waals surface area contributed by atoms with Gasteiger partial charge in [-0.3, -0.25) is 4.79 Å². The molecule has 2 aliphatic rings. The third kappa shape index (κ3) is 1.76. The highest BCUT2D eigenvalue weighted by Gasteiger charge is 2.24. The van der Waals surface area contributed by atoms with E-state index in [0.717, 1.165) is 5.84 Å². The zero-order valence-corrected chi connectivity index (χ0v) is 8.26. The number of nitrogens with zero attached hydrogens (tertiary/aromatic N) is 3. The van der Waals surface area contributed by atoms with Crippen LogP contribution < -0.4 is 5.73 Å². The molecule has 5 nitrogen and oxygen atoms in total. The lowest BCUT2D eigenvalue weighted by Gasteiger charge is -2.31. The standard InChI is InChI=1S/C10H12N4O/c1-2-5-14-10(15)7-13-6-8(11)3-4-9(13)12-14/h2-4,6H,1,5,7,11H2. The molecular weight excluding hydrogens is 192 g/mol. The van der Waals surface area contributed by atoms with E-state index in [1.807, 2.05) is 0 Å². The fourth-order valence-electron chi connectivity index (χ4n) is 1.44. The fourth-order valence-corrected chi connectivity index (χ4v) is 1.44. The summed E-state index contributed by atoms with van der Waals surface area (Å²) < 4.78 is 0. The van der Waals surface area contributed by atoms with Crippen LogP contribution in [0.3, 0.4) is 0 Å². The Morgan fingerprint density at radius 2 is 2.40 bits per heavy atom. The topological polar surface area (TPSA) is 61.9 Å². The van der Waals surface area contributed by atoms with Gasteiger partial charge in [0.15, 0.2) is 5.84 Å². The summed E-state index contributed by atoms with van der Waals surface area (Å²) in [5.74, 6) is 0.670. The molecule has 15 heavy (non-hydrogen) atoms. The molecule has 1 amide bonds. The maximum absolute atomic E-state index is 11.6. The number of rotatable bonds is 2. The largest absolute Gasteiger partial charge is 0.398 e. The van der Waals surface area contributed by atoms with Crippen LogP contribution in [0.4, 0.5) is 0 Å². The smallest absolute Gasteiger partial charge is 0.262 e. The molecule has 2 aliphatic heterocycles. The summed E-state index contributed by atoms with van der Waals surface area (Å²) in [6, 6.07) is 0. The minimum atomic E-state index is -0.0574. The Balaban J connectivity index is 2.26. The van der Waals surface area contributed by atoms with Crippen molar-refractivity contribution >= 4 is 11.7 Å². The molecule has 0 atom stereocenters. The van der Waals surface area contributed by atoms with Gasteiger partial charge in [0.25, 0.3) is 5.91 Å². The van der Waals surface area contributed by atoms with Crippen molar-refractivity contribution in [3.05, 3.63) is 36.7 Å². The summed E-state index contributed by atoms with van der Waals surface area (Å²) in [4.78, 5) is 13.3. The molecule has 0 radical (unpaired) electrons. The lowest BCUT2D eigenvalue weighted by Crippen LogP contribution is -2.45. The monoisotopic (exact) mass is 204 g/mol. The van der Waals surface area contributed by atoms with Gasteiger partial charge in [-0.2, -0.15) is 5.10 Å². The first-order chi connectivity index (χ1) is 7.20. The van der Waals surface area contributed by atoms with E-state index >= 15 is 0 Å². The Labute approximate surface area is 87.8 Å². The van der Waals surface area contributed by atoms with Crippen molar-refractivity contribution in [3.8, 4) is 0 Å². The molecule has 0 spiro atoms. The molecule has 0 saturated carbocycles. The van der Waals surface area contributed by atoms with Gasteiger partial charge in [-0.05, 0) is 12.2 Å². The van der Waals surface area contributed by atoms with Gasteiger partial charge in [0.05, 0.1) is 6.54 Å². The van der Waals surface area contributed by atoms with Crippen molar-refractivity contribution in [1.82, 2.24) is 9.91 Å². The number of amides is 1. The Bertz CT molecular complexity index is 394. The Kier molecular flexibility index (Phi) is 2.29. The van der Waals surface area contributed by atoms with E-state index in [2.05, 4.69) is 11.7 Å². The van der Waals surface area contributed by atoms with Crippen LogP contribution in [0, 0.1) is 0 Å². The van der Waals surface area contributed by atoms with Crippen LogP contribution in [-0.2, 0) is 4.79 Å². The number of hydrogen-bond acceptors (Lipinski definition) is 4. The first-order valence-corrected chi connectivity index (χ1v) is 4.62. The molecule has 5 heteroatoms. The van der Waals surface area contributed by atoms with Crippen molar-refractivity contribution in [2.45, 2.75) is 0 Å². The van der Waals surface area contributed by atoms with Crippen LogP contribution in [0.15, 0.2) is 41.8 Å². The van der Waals surface area contributed by atoms with Gasteiger partial charge in [0.1, 0.15) is 6.54 Å². The van der Waals surface area contributed by atoms with Crippen LogP contribution in [0.25, 0.3) is 0 Å². The molecule has 0 unspecified atom stereocenters.